The zero-order valence-electron chi connectivity index (χ0n) is 65.6. The van der Waals surface area contributed by atoms with Crippen molar-refractivity contribution in [1.29, 1.82) is 0 Å². The molecule has 12 aliphatic rings. The molecule has 32 bridgehead atoms. The number of thioether (sulfide) groups is 4. The van der Waals surface area contributed by atoms with Crippen molar-refractivity contribution in [1.82, 2.24) is 67.9 Å². The first kappa shape index (κ1) is 85.2. The minimum absolute atomic E-state index is 0. The van der Waals surface area contributed by atoms with Crippen LogP contribution in [0.3, 0.4) is 0 Å². The van der Waals surface area contributed by atoms with Gasteiger partial charge in [0.1, 0.15) is 31.8 Å². The van der Waals surface area contributed by atoms with Crippen molar-refractivity contribution in [3.05, 3.63) is 330 Å². The minimum atomic E-state index is 0. The predicted molar refractivity (Wildman–Crippen MR) is 493 cm³/mol. The van der Waals surface area contributed by atoms with E-state index < -0.39 is 0 Å². The number of amidine groups is 4. The van der Waals surface area contributed by atoms with Gasteiger partial charge in [0.05, 0.1) is 45.7 Å². The minimum Gasteiger partial charge on any atom is -0.650 e. The summed E-state index contributed by atoms with van der Waals surface area (Å²) in [6, 6.07) is 40.0. The number of fused-ring (bicyclic) bond motifs is 40. The van der Waals surface area contributed by atoms with Crippen LogP contribution >= 0.6 is 92.4 Å². The number of anilines is 2. The van der Waals surface area contributed by atoms with Crippen LogP contribution in [0.15, 0.2) is 242 Å². The Morgan fingerprint density at radius 3 is 1.33 bits per heavy atom. The fourth-order valence-electron chi connectivity index (χ4n) is 13.4. The molecule has 0 spiro atoms. The number of aliphatic imine (C=N–C) groups is 4. The fourth-order valence-corrected chi connectivity index (χ4v) is 19.9. The van der Waals surface area contributed by atoms with Gasteiger partial charge in [0, 0.05) is 123 Å². The monoisotopic (exact) mass is 2230 g/mol. The van der Waals surface area contributed by atoms with Gasteiger partial charge >= 0.3 is 75.7 Å². The van der Waals surface area contributed by atoms with Crippen molar-refractivity contribution in [3.8, 4) is 11.4 Å². The van der Waals surface area contributed by atoms with Crippen LogP contribution in [0.1, 0.15) is 90.1 Å². The molecule has 8 aromatic heterocycles. The normalized spacial score (nSPS) is 16.4. The maximum absolute atomic E-state index is 5.06. The van der Waals surface area contributed by atoms with E-state index in [0.717, 1.165) is 110 Å². The number of hydrazone groups is 2. The molecule has 20 heterocycles. The number of hydrogen-bond acceptors (Lipinski definition) is 26. The Hall–Kier alpha value is -11.0. The van der Waals surface area contributed by atoms with Crippen LogP contribution in [0.25, 0.3) is 112 Å². The van der Waals surface area contributed by atoms with E-state index in [4.69, 9.17) is 51.4 Å². The van der Waals surface area contributed by atoms with E-state index in [2.05, 4.69) is 101 Å². The molecule has 0 aliphatic carbocycles. The van der Waals surface area contributed by atoms with Gasteiger partial charge in [-0.25, -0.2) is 39.9 Å². The first-order valence-electron chi connectivity index (χ1n) is 37.0. The van der Waals surface area contributed by atoms with Gasteiger partial charge in [-0.15, -0.1) is 92.4 Å². The van der Waals surface area contributed by atoms with E-state index in [1.54, 1.807) is 46.2 Å². The molecular formula is C82H58CuN30NiPt2S8. The first-order chi connectivity index (χ1) is 58.5. The number of aromatic nitrogens is 12. The molecule has 0 saturated heterocycles. The third-order valence-corrected chi connectivity index (χ3v) is 25.9. The average Bonchev–Trinajstić information content (AvgIpc) is 1.60. The number of aryl methyl sites for hydroxylation is 4. The Morgan fingerprint density at radius 1 is 0.395 bits per heavy atom. The van der Waals surface area contributed by atoms with Crippen LogP contribution in [-0.2, 0) is 89.8 Å². The van der Waals surface area contributed by atoms with E-state index >= 15 is 0 Å². The molecule has 625 valence electrons. The molecule has 30 nitrogen and oxygen atoms in total. The maximum Gasteiger partial charge on any atom is 2.00 e. The molecule has 0 N–H and O–H groups in total. The summed E-state index contributed by atoms with van der Waals surface area (Å²) in [5, 5.41) is 66.1. The number of allylic oxidation sites excluding steroid dienone is 2. The Balaban J connectivity index is 0.000000121. The number of rotatable bonds is 4. The van der Waals surface area contributed by atoms with E-state index in [-0.39, 0.29) is 75.7 Å². The number of nitrogens with zero attached hydrogens (tertiary/aromatic N) is 30. The molecule has 12 aliphatic heterocycles. The molecule has 0 amide bonds. The van der Waals surface area contributed by atoms with Crippen LogP contribution in [0.5, 0.6) is 0 Å². The second-order valence-corrected chi connectivity index (χ2v) is 35.8. The largest absolute Gasteiger partial charge is 2.00 e. The molecule has 0 unspecified atom stereocenters. The summed E-state index contributed by atoms with van der Waals surface area (Å²) in [6.45, 7) is 8.44. The Kier molecular flexibility index (Phi) is 24.5. The van der Waals surface area contributed by atoms with Crippen LogP contribution < -0.4 is 10.0 Å². The molecule has 0 atom stereocenters. The van der Waals surface area contributed by atoms with E-state index in [1.165, 1.54) is 65.8 Å². The summed E-state index contributed by atoms with van der Waals surface area (Å²) in [7, 11) is 7.60. The Labute approximate surface area is 792 Å². The van der Waals surface area contributed by atoms with Crippen LogP contribution in [0.2, 0.25) is 0 Å². The molecule has 42 heteroatoms. The Morgan fingerprint density at radius 2 is 0.847 bits per heavy atom. The van der Waals surface area contributed by atoms with Crippen LogP contribution in [-0.4, -0.2) is 116 Å². The number of hydrogen-bond donors (Lipinski definition) is 0. The smallest absolute Gasteiger partial charge is 0.650 e. The molecule has 24 rings (SSSR count). The van der Waals surface area contributed by atoms with E-state index in [9.17, 15) is 0 Å². The number of para-hydroxylation sites is 4. The van der Waals surface area contributed by atoms with Crippen molar-refractivity contribution >= 4 is 219 Å². The summed E-state index contributed by atoms with van der Waals surface area (Å²) in [4.78, 5) is 64.6. The van der Waals surface area contributed by atoms with Crippen LogP contribution in [0.4, 0.5) is 34.2 Å². The van der Waals surface area contributed by atoms with Crippen LogP contribution in [0, 0.1) is 13.8 Å². The third-order valence-electron chi connectivity index (χ3n) is 19.2. The van der Waals surface area contributed by atoms with Crippen molar-refractivity contribution in [2.45, 2.75) is 27.7 Å². The standard InChI is InChI=1S/C36H24N10.C18H14N4S4.C16H16N10.C12H4N6S4.Cu.Ni.2Pt/c1-5-13-25(14-6-1)43-23-29-35-40-34(46(41-35)28-19-11-4-12-20-28)22-32-38-30(24-44(32)26-15-7-2-8-16-26)36-39-33(21-31(43)37-29)45(42-36)27-17-9-3-10-18-27;1-7-15-16-8(2)24-13(20-16)6-14-22-18(10(4)26-14)17-9(3)25-12(21-17)5-11(19-15)23-7;1-23-5-9-10-6-25(3)15(18-10)22-16-20-12(8-26(16)4)11-7-24(2)14(19-11)21-13(23)17-9;1-5-6-2-21-11(14-6)18-12-15-7(3-22-12)9-16-8(4-19-9)17-10(13-5)20-1;;;;/h1-24H;5-6H,1-4H3;5-8H,1-4H3;1-4H;;;;/q4*-2;4*+2. The summed E-state index contributed by atoms with van der Waals surface area (Å²) in [5.41, 5.74) is 14.2. The maximum atomic E-state index is 5.06. The first-order valence-corrected chi connectivity index (χ1v) is 43.8. The quantitative estimate of drug-likeness (QED) is 0.148. The predicted octanol–water partition coefficient (Wildman–Crippen LogP) is 21.8. The van der Waals surface area contributed by atoms with Crippen molar-refractivity contribution < 1.29 is 75.7 Å². The molecule has 0 fully saturated rings. The van der Waals surface area contributed by atoms with E-state index in [0.29, 0.717) is 91.5 Å². The second kappa shape index (κ2) is 35.6. The summed E-state index contributed by atoms with van der Waals surface area (Å²) >= 11 is 12.7. The summed E-state index contributed by atoms with van der Waals surface area (Å²) in [5.74, 6) is 6.39. The van der Waals surface area contributed by atoms with Crippen molar-refractivity contribution in [3.63, 3.8) is 0 Å². The van der Waals surface area contributed by atoms with Crippen molar-refractivity contribution in [2.24, 2.45) is 44.3 Å². The van der Waals surface area contributed by atoms with E-state index in [1.807, 2.05) is 259 Å². The Bertz CT molecular complexity index is 6420. The molecular weight excluding hydrogens is 2170 g/mol. The summed E-state index contributed by atoms with van der Waals surface area (Å²) < 4.78 is 7.75. The van der Waals surface area contributed by atoms with Gasteiger partial charge in [-0.2, -0.15) is 0 Å². The number of imidazole rings is 4. The van der Waals surface area contributed by atoms with Crippen molar-refractivity contribution in [2.75, 3.05) is 24.1 Å². The number of benzene rings is 4. The van der Waals surface area contributed by atoms with Gasteiger partial charge in [-0.1, -0.05) is 119 Å². The second-order valence-electron chi connectivity index (χ2n) is 27.5. The summed E-state index contributed by atoms with van der Waals surface area (Å²) in [6.07, 6.45) is 19.5. The molecule has 0 saturated carbocycles. The molecule has 124 heavy (non-hydrogen) atoms. The van der Waals surface area contributed by atoms with Gasteiger partial charge in [-0.3, -0.25) is 9.13 Å². The van der Waals surface area contributed by atoms with Gasteiger partial charge < -0.3 is 102 Å². The SMILES string of the molecule is C1=C2[N-]C(=NN2c2ccccc2)c2cn(-c3ccccc3)c(n2)C=C2[N-]C(=NN2c2ccccc2)c2cn(-c3ccccc3)c1n2.C1=C2[N-]C(=Nc3csc(n3)C3=CSC(=Nc4nc2cs4)[N-]3)S1.CC1=C2[N-]C(=Cc3nc(c(C)s3)C3=C(C)SC(=Cc4nc2c(C)s4)[N-]3)S1.CN1C=C2[N-]C1=Nc1nc(cn1C)C1=CN(C)C(=Nc3nc2cn3C)[N-]1.[Cu+2].[Ni+2].[Pt+2].[Pt+2]. The average molecular weight is 2230 g/mol. The van der Waals surface area contributed by atoms with Gasteiger partial charge in [0.2, 0.25) is 0 Å². The molecule has 12 aromatic rings. The third kappa shape index (κ3) is 17.0. The molecule has 4 aromatic carbocycles. The topological polar surface area (TPSA) is 323 Å². The zero-order valence-corrected chi connectivity index (χ0v) is 78.6. The zero-order chi connectivity index (χ0) is 81.0. The molecule has 1 radical (unpaired) electrons. The fraction of sp³-hybridized carbons (Fsp3) is 0.0976. The number of guanidine groups is 2. The van der Waals surface area contributed by atoms with Gasteiger partial charge in [0.25, 0.3) is 0 Å². The number of thiazole rings is 4. The van der Waals surface area contributed by atoms with Gasteiger partial charge in [-0.05, 0) is 151 Å². The van der Waals surface area contributed by atoms with Gasteiger partial charge in [0.15, 0.2) is 11.9 Å².